The van der Waals surface area contributed by atoms with Crippen molar-refractivity contribution in [2.24, 2.45) is 0 Å². The third-order valence-corrected chi connectivity index (χ3v) is 5.92. The first kappa shape index (κ1) is 22.2. The van der Waals surface area contributed by atoms with Gasteiger partial charge < -0.3 is 4.74 Å². The van der Waals surface area contributed by atoms with Gasteiger partial charge in [0.25, 0.3) is 10.0 Å². The van der Waals surface area contributed by atoms with Crippen LogP contribution in [0.15, 0.2) is 77.7 Å². The summed E-state index contributed by atoms with van der Waals surface area (Å²) in [6, 6.07) is 17.1. The van der Waals surface area contributed by atoms with E-state index in [-0.39, 0.29) is 21.9 Å². The fraction of sp³-hybridized carbons (Fsp3) is 0.130. The van der Waals surface area contributed by atoms with Gasteiger partial charge in [0.15, 0.2) is 12.4 Å². The lowest BCUT2D eigenvalue weighted by molar-refractivity contribution is 0.0476. The molecule has 31 heavy (non-hydrogen) atoms. The predicted molar refractivity (Wildman–Crippen MR) is 114 cm³/mol. The number of para-hydroxylation sites is 1. The minimum atomic E-state index is -4.06. The molecule has 0 saturated heterocycles. The Balaban J connectivity index is 1.72. The van der Waals surface area contributed by atoms with E-state index in [9.17, 15) is 22.4 Å². The van der Waals surface area contributed by atoms with Gasteiger partial charge in [0, 0.05) is 5.56 Å². The number of esters is 1. The Labute approximate surface area is 179 Å². The average molecular weight is 441 g/mol. The number of anilines is 1. The molecule has 8 heteroatoms. The minimum absolute atomic E-state index is 0.0171. The molecule has 0 atom stereocenters. The second kappa shape index (κ2) is 9.53. The molecule has 0 aliphatic carbocycles. The largest absolute Gasteiger partial charge is 0.454 e. The molecule has 0 aliphatic heterocycles. The number of hydrogen-bond acceptors (Lipinski definition) is 5. The van der Waals surface area contributed by atoms with E-state index in [1.54, 1.807) is 18.2 Å². The first-order chi connectivity index (χ1) is 14.8. The van der Waals surface area contributed by atoms with E-state index in [0.717, 1.165) is 36.2 Å². The SMILES string of the molecule is CCc1ccc(C(=O)COC(=O)c2ccccc2NS(=O)(=O)c2ccc(F)cc2)cc1. The van der Waals surface area contributed by atoms with Crippen LogP contribution in [0.3, 0.4) is 0 Å². The van der Waals surface area contributed by atoms with Gasteiger partial charge in [-0.25, -0.2) is 17.6 Å². The van der Waals surface area contributed by atoms with E-state index in [1.165, 1.54) is 18.2 Å². The molecule has 160 valence electrons. The Morgan fingerprint density at radius 1 is 0.935 bits per heavy atom. The molecular formula is C23H20FNO5S. The quantitative estimate of drug-likeness (QED) is 0.417. The first-order valence-corrected chi connectivity index (χ1v) is 10.9. The number of hydrogen-bond donors (Lipinski definition) is 1. The lowest BCUT2D eigenvalue weighted by Crippen LogP contribution is -2.18. The van der Waals surface area contributed by atoms with Crippen molar-refractivity contribution in [1.82, 2.24) is 0 Å². The average Bonchev–Trinajstić information content (AvgIpc) is 2.77. The fourth-order valence-corrected chi connectivity index (χ4v) is 3.87. The van der Waals surface area contributed by atoms with Crippen LogP contribution >= 0.6 is 0 Å². The number of carbonyl (C=O) groups is 2. The van der Waals surface area contributed by atoms with Gasteiger partial charge in [0.1, 0.15) is 5.82 Å². The maximum Gasteiger partial charge on any atom is 0.340 e. The molecule has 3 aromatic rings. The van der Waals surface area contributed by atoms with Crippen molar-refractivity contribution in [3.8, 4) is 0 Å². The van der Waals surface area contributed by atoms with Crippen molar-refractivity contribution in [2.45, 2.75) is 18.2 Å². The number of rotatable bonds is 8. The second-order valence-electron chi connectivity index (χ2n) is 6.65. The van der Waals surface area contributed by atoms with E-state index < -0.39 is 28.4 Å². The highest BCUT2D eigenvalue weighted by molar-refractivity contribution is 7.92. The molecule has 0 heterocycles. The standard InChI is InChI=1S/C23H20FNO5S/c1-2-16-7-9-17(10-8-16)22(26)15-30-23(27)20-5-3-4-6-21(20)25-31(28,29)19-13-11-18(24)12-14-19/h3-14,25H,2,15H2,1H3. The summed E-state index contributed by atoms with van der Waals surface area (Å²) in [5.41, 5.74) is 1.42. The summed E-state index contributed by atoms with van der Waals surface area (Å²) in [4.78, 5) is 24.6. The monoisotopic (exact) mass is 441 g/mol. The summed E-state index contributed by atoms with van der Waals surface area (Å²) in [5.74, 6) is -1.80. The van der Waals surface area contributed by atoms with Crippen molar-refractivity contribution in [3.05, 3.63) is 95.3 Å². The molecule has 0 aliphatic rings. The molecule has 0 aromatic heterocycles. The van der Waals surface area contributed by atoms with Crippen LogP contribution in [0.25, 0.3) is 0 Å². The molecule has 1 N–H and O–H groups in total. The third kappa shape index (κ3) is 5.55. The van der Waals surface area contributed by atoms with Gasteiger partial charge in [0.05, 0.1) is 16.1 Å². The number of halogens is 1. The molecule has 0 spiro atoms. The third-order valence-electron chi connectivity index (χ3n) is 4.53. The summed E-state index contributed by atoms with van der Waals surface area (Å²) in [7, 11) is -4.06. The van der Waals surface area contributed by atoms with E-state index in [0.29, 0.717) is 5.56 Å². The van der Waals surface area contributed by atoms with Crippen molar-refractivity contribution in [2.75, 3.05) is 11.3 Å². The van der Waals surface area contributed by atoms with Gasteiger partial charge in [-0.15, -0.1) is 0 Å². The van der Waals surface area contributed by atoms with Crippen LogP contribution in [0.4, 0.5) is 10.1 Å². The number of sulfonamides is 1. The number of aryl methyl sites for hydroxylation is 1. The smallest absolute Gasteiger partial charge is 0.340 e. The van der Waals surface area contributed by atoms with E-state index in [4.69, 9.17) is 4.74 Å². The number of carbonyl (C=O) groups excluding carboxylic acids is 2. The van der Waals surface area contributed by atoms with Gasteiger partial charge in [-0.05, 0) is 48.4 Å². The Morgan fingerprint density at radius 2 is 1.58 bits per heavy atom. The van der Waals surface area contributed by atoms with Crippen molar-refractivity contribution in [1.29, 1.82) is 0 Å². The van der Waals surface area contributed by atoms with Gasteiger partial charge in [0.2, 0.25) is 0 Å². The van der Waals surface area contributed by atoms with Crippen LogP contribution in [-0.4, -0.2) is 26.8 Å². The summed E-state index contributed by atoms with van der Waals surface area (Å²) in [6.07, 6.45) is 0.841. The molecule has 0 amide bonds. The lowest BCUT2D eigenvalue weighted by atomic mass is 10.1. The number of ether oxygens (including phenoxy) is 1. The van der Waals surface area contributed by atoms with Gasteiger partial charge >= 0.3 is 5.97 Å². The normalized spacial score (nSPS) is 11.0. The predicted octanol–water partition coefficient (Wildman–Crippen LogP) is 4.23. The minimum Gasteiger partial charge on any atom is -0.454 e. The molecule has 3 rings (SSSR count). The van der Waals surface area contributed by atoms with Crippen LogP contribution in [-0.2, 0) is 21.2 Å². The van der Waals surface area contributed by atoms with E-state index >= 15 is 0 Å². The van der Waals surface area contributed by atoms with Crippen molar-refractivity contribution < 1.29 is 27.1 Å². The zero-order valence-corrected chi connectivity index (χ0v) is 17.5. The Bertz CT molecular complexity index is 1190. The van der Waals surface area contributed by atoms with Gasteiger partial charge in [-0.1, -0.05) is 43.3 Å². The van der Waals surface area contributed by atoms with Crippen LogP contribution in [0.5, 0.6) is 0 Å². The zero-order chi connectivity index (χ0) is 22.4. The number of Topliss-reactive ketones (excluding diaryl/α,β-unsaturated/α-hetero) is 1. The molecule has 0 unspecified atom stereocenters. The lowest BCUT2D eigenvalue weighted by Gasteiger charge is -2.12. The molecule has 0 saturated carbocycles. The van der Waals surface area contributed by atoms with Gasteiger partial charge in [-0.3, -0.25) is 9.52 Å². The number of nitrogens with one attached hydrogen (secondary N) is 1. The fourth-order valence-electron chi connectivity index (χ4n) is 2.79. The Hall–Kier alpha value is -3.52. The van der Waals surface area contributed by atoms with Crippen LogP contribution in [0.2, 0.25) is 0 Å². The molecule has 6 nitrogen and oxygen atoms in total. The number of ketones is 1. The van der Waals surface area contributed by atoms with Gasteiger partial charge in [-0.2, -0.15) is 0 Å². The van der Waals surface area contributed by atoms with Crippen LogP contribution < -0.4 is 4.72 Å². The van der Waals surface area contributed by atoms with Crippen LogP contribution in [0, 0.1) is 5.82 Å². The summed E-state index contributed by atoms with van der Waals surface area (Å²) in [6.45, 7) is 1.52. The van der Waals surface area contributed by atoms with E-state index in [2.05, 4.69) is 4.72 Å². The summed E-state index contributed by atoms with van der Waals surface area (Å²) >= 11 is 0. The second-order valence-corrected chi connectivity index (χ2v) is 8.34. The van der Waals surface area contributed by atoms with E-state index in [1.807, 2.05) is 19.1 Å². The molecule has 0 bridgehead atoms. The number of benzene rings is 3. The highest BCUT2D eigenvalue weighted by Crippen LogP contribution is 2.21. The summed E-state index contributed by atoms with van der Waals surface area (Å²) < 4.78 is 45.6. The molecule has 0 fully saturated rings. The van der Waals surface area contributed by atoms with Crippen molar-refractivity contribution >= 4 is 27.5 Å². The first-order valence-electron chi connectivity index (χ1n) is 9.47. The summed E-state index contributed by atoms with van der Waals surface area (Å²) in [5, 5.41) is 0. The molecule has 3 aromatic carbocycles. The highest BCUT2D eigenvalue weighted by atomic mass is 32.2. The van der Waals surface area contributed by atoms with Crippen LogP contribution in [0.1, 0.15) is 33.2 Å². The Kier molecular flexibility index (Phi) is 6.81. The topological polar surface area (TPSA) is 89.5 Å². The highest BCUT2D eigenvalue weighted by Gasteiger charge is 2.20. The maximum absolute atomic E-state index is 13.1. The molecule has 0 radical (unpaired) electrons. The Morgan fingerprint density at radius 3 is 2.23 bits per heavy atom. The van der Waals surface area contributed by atoms with Crippen molar-refractivity contribution in [3.63, 3.8) is 0 Å². The maximum atomic E-state index is 13.1. The zero-order valence-electron chi connectivity index (χ0n) is 16.7. The molecular weight excluding hydrogens is 421 g/mol.